The van der Waals surface area contributed by atoms with Crippen LogP contribution in [0.4, 0.5) is 0 Å². The summed E-state index contributed by atoms with van der Waals surface area (Å²) in [6.45, 7) is 10.9. The van der Waals surface area contributed by atoms with Crippen molar-refractivity contribution in [2.75, 3.05) is 33.3 Å². The number of ketones is 1. The lowest BCUT2D eigenvalue weighted by atomic mass is 9.93. The van der Waals surface area contributed by atoms with Crippen molar-refractivity contribution < 1.29 is 24.5 Å². The van der Waals surface area contributed by atoms with Crippen LogP contribution in [0.1, 0.15) is 56.3 Å². The van der Waals surface area contributed by atoms with Gasteiger partial charge in [-0.15, -0.1) is 0 Å². The number of nitrogens with zero attached hydrogens (tertiary/aromatic N) is 2. The number of carbonyl (C=O) groups excluding carboxylic acids is 2. The Morgan fingerprint density at radius 2 is 1.74 bits per heavy atom. The lowest BCUT2D eigenvalue weighted by molar-refractivity contribution is -0.140. The van der Waals surface area contributed by atoms with E-state index in [4.69, 9.17) is 4.74 Å². The molecule has 0 spiro atoms. The highest BCUT2D eigenvalue weighted by atomic mass is 16.5. The molecule has 0 aromatic heterocycles. The Hall–Kier alpha value is -3.32. The Kier molecular flexibility index (Phi) is 7.99. The molecule has 0 aliphatic carbocycles. The third kappa shape index (κ3) is 4.94. The van der Waals surface area contributed by atoms with E-state index in [1.54, 1.807) is 6.07 Å². The summed E-state index contributed by atoms with van der Waals surface area (Å²) in [5.74, 6) is -1.31. The summed E-state index contributed by atoms with van der Waals surface area (Å²) >= 11 is 0. The van der Waals surface area contributed by atoms with Gasteiger partial charge in [0, 0.05) is 19.2 Å². The van der Waals surface area contributed by atoms with Crippen LogP contribution in [-0.4, -0.2) is 65.0 Å². The summed E-state index contributed by atoms with van der Waals surface area (Å²) in [6.07, 6.45) is 0. The first-order valence-corrected chi connectivity index (χ1v) is 11.7. The van der Waals surface area contributed by atoms with Crippen LogP contribution in [0.3, 0.4) is 0 Å². The number of likely N-dealkylation sites (N-methyl/N-ethyl adjacent to an activating group) is 1. The Morgan fingerprint density at radius 1 is 1.09 bits per heavy atom. The number of likely N-dealkylation sites (tertiary alicyclic amines) is 1. The van der Waals surface area contributed by atoms with Crippen LogP contribution >= 0.6 is 0 Å². The number of rotatable bonds is 9. The zero-order chi connectivity index (χ0) is 25.0. The number of aliphatic hydroxyl groups excluding tert-OH is 1. The fourth-order valence-corrected chi connectivity index (χ4v) is 4.29. The first kappa shape index (κ1) is 25.3. The number of phenolic OH excluding ortho intramolecular Hbond substituents is 1. The van der Waals surface area contributed by atoms with Crippen molar-refractivity contribution in [2.24, 2.45) is 0 Å². The van der Waals surface area contributed by atoms with Gasteiger partial charge in [0.25, 0.3) is 11.7 Å². The molecular formula is C27H34N2O5. The van der Waals surface area contributed by atoms with Gasteiger partial charge in [0.1, 0.15) is 17.3 Å². The van der Waals surface area contributed by atoms with E-state index in [-0.39, 0.29) is 16.9 Å². The summed E-state index contributed by atoms with van der Waals surface area (Å²) in [7, 11) is 1.47. The summed E-state index contributed by atoms with van der Waals surface area (Å²) < 4.78 is 5.12. The molecule has 34 heavy (non-hydrogen) atoms. The van der Waals surface area contributed by atoms with Gasteiger partial charge in [0.05, 0.1) is 24.3 Å². The van der Waals surface area contributed by atoms with E-state index in [9.17, 15) is 19.8 Å². The van der Waals surface area contributed by atoms with E-state index in [0.29, 0.717) is 24.8 Å². The number of hydrogen-bond acceptors (Lipinski definition) is 6. The van der Waals surface area contributed by atoms with E-state index in [2.05, 4.69) is 18.7 Å². The molecule has 2 aromatic rings. The van der Waals surface area contributed by atoms with E-state index in [1.165, 1.54) is 24.1 Å². The molecule has 0 radical (unpaired) electrons. The van der Waals surface area contributed by atoms with Gasteiger partial charge in [0.2, 0.25) is 0 Å². The predicted octanol–water partition coefficient (Wildman–Crippen LogP) is 4.29. The second-order valence-electron chi connectivity index (χ2n) is 8.72. The molecule has 3 rings (SSSR count). The zero-order valence-corrected chi connectivity index (χ0v) is 20.5. The molecule has 1 atom stereocenters. The monoisotopic (exact) mass is 466 g/mol. The van der Waals surface area contributed by atoms with Crippen LogP contribution in [0.25, 0.3) is 5.76 Å². The average molecular weight is 467 g/mol. The number of aliphatic hydroxyl groups is 1. The van der Waals surface area contributed by atoms with E-state index < -0.39 is 23.5 Å². The maximum Gasteiger partial charge on any atom is 0.295 e. The minimum Gasteiger partial charge on any atom is -0.507 e. The van der Waals surface area contributed by atoms with Crippen molar-refractivity contribution in [3.8, 4) is 11.5 Å². The number of carbonyl (C=O) groups is 2. The second kappa shape index (κ2) is 10.7. The van der Waals surface area contributed by atoms with Crippen LogP contribution in [0.15, 0.2) is 48.0 Å². The quantitative estimate of drug-likeness (QED) is 0.326. The Bertz CT molecular complexity index is 1070. The molecule has 0 saturated carbocycles. The van der Waals surface area contributed by atoms with Gasteiger partial charge < -0.3 is 24.7 Å². The fourth-order valence-electron chi connectivity index (χ4n) is 4.29. The highest BCUT2D eigenvalue weighted by Gasteiger charge is 2.46. The van der Waals surface area contributed by atoms with Crippen molar-refractivity contribution in [3.05, 3.63) is 64.7 Å². The molecule has 2 N–H and O–H groups in total. The minimum atomic E-state index is -0.759. The molecule has 1 aliphatic heterocycles. The molecule has 7 heteroatoms. The van der Waals surface area contributed by atoms with Gasteiger partial charge in [0.15, 0.2) is 0 Å². The summed E-state index contributed by atoms with van der Waals surface area (Å²) in [6, 6.07) is 11.4. The smallest absolute Gasteiger partial charge is 0.295 e. The normalized spacial score (nSPS) is 17.7. The summed E-state index contributed by atoms with van der Waals surface area (Å²) in [4.78, 5) is 30.0. The Balaban J connectivity index is 2.12. The maximum absolute atomic E-state index is 13.2. The summed E-state index contributed by atoms with van der Waals surface area (Å²) in [5.41, 5.74) is 1.92. The lowest BCUT2D eigenvalue weighted by Crippen LogP contribution is -2.38. The largest absolute Gasteiger partial charge is 0.507 e. The molecule has 1 heterocycles. The fraction of sp³-hybridized carbons (Fsp3) is 0.407. The standard InChI is InChI=1S/C27H34N2O5/c1-6-28(7-2)14-15-29-24(19-10-8-18(9-11-19)17(3)4)23(26(32)27(29)33)25(31)21-13-12-20(34-5)16-22(21)30/h8-13,16-17,24,30-31H,6-7,14-15H2,1-5H3/t24-/m0/s1. The highest BCUT2D eigenvalue weighted by Crippen LogP contribution is 2.41. The molecule has 1 fully saturated rings. The van der Waals surface area contributed by atoms with Crippen LogP contribution in [0, 0.1) is 0 Å². The molecule has 0 bridgehead atoms. The number of methoxy groups -OCH3 is 1. The molecule has 1 saturated heterocycles. The average Bonchev–Trinajstić information content (AvgIpc) is 3.09. The van der Waals surface area contributed by atoms with Crippen molar-refractivity contribution in [1.82, 2.24) is 9.80 Å². The first-order valence-electron chi connectivity index (χ1n) is 11.7. The van der Waals surface area contributed by atoms with Crippen molar-refractivity contribution in [3.63, 3.8) is 0 Å². The first-order chi connectivity index (χ1) is 16.2. The number of benzene rings is 2. The van der Waals surface area contributed by atoms with Crippen LogP contribution in [-0.2, 0) is 9.59 Å². The molecule has 1 amide bonds. The van der Waals surface area contributed by atoms with Crippen molar-refractivity contribution >= 4 is 17.4 Å². The third-order valence-corrected chi connectivity index (χ3v) is 6.47. The molecule has 0 unspecified atom stereocenters. The Morgan fingerprint density at radius 3 is 2.26 bits per heavy atom. The van der Waals surface area contributed by atoms with Gasteiger partial charge in [-0.1, -0.05) is 52.0 Å². The molecule has 2 aromatic carbocycles. The van der Waals surface area contributed by atoms with Crippen molar-refractivity contribution in [1.29, 1.82) is 0 Å². The molecular weight excluding hydrogens is 432 g/mol. The number of hydrogen-bond donors (Lipinski definition) is 2. The molecule has 1 aliphatic rings. The lowest BCUT2D eigenvalue weighted by Gasteiger charge is -2.28. The van der Waals surface area contributed by atoms with Crippen LogP contribution < -0.4 is 4.74 Å². The van der Waals surface area contributed by atoms with E-state index >= 15 is 0 Å². The van der Waals surface area contributed by atoms with Gasteiger partial charge in [-0.2, -0.15) is 0 Å². The number of Topliss-reactive ketones (excluding diaryl/α,β-unsaturated/α-hetero) is 1. The number of phenols is 1. The summed E-state index contributed by atoms with van der Waals surface area (Å²) in [5, 5.41) is 21.7. The van der Waals surface area contributed by atoms with Crippen LogP contribution in [0.5, 0.6) is 11.5 Å². The van der Waals surface area contributed by atoms with E-state index in [1.807, 2.05) is 38.1 Å². The molecule has 7 nitrogen and oxygen atoms in total. The van der Waals surface area contributed by atoms with E-state index in [0.717, 1.165) is 24.2 Å². The number of ether oxygens (including phenoxy) is 1. The van der Waals surface area contributed by atoms with Crippen molar-refractivity contribution in [2.45, 2.75) is 39.7 Å². The maximum atomic E-state index is 13.2. The Labute approximate surface area is 201 Å². The van der Waals surface area contributed by atoms with Gasteiger partial charge in [-0.3, -0.25) is 9.59 Å². The zero-order valence-electron chi connectivity index (χ0n) is 20.5. The van der Waals surface area contributed by atoms with Gasteiger partial charge in [-0.05, 0) is 42.3 Å². The molecule has 182 valence electrons. The van der Waals surface area contributed by atoms with Gasteiger partial charge in [-0.25, -0.2) is 0 Å². The van der Waals surface area contributed by atoms with Gasteiger partial charge >= 0.3 is 0 Å². The third-order valence-electron chi connectivity index (χ3n) is 6.47. The number of aromatic hydroxyl groups is 1. The number of amides is 1. The predicted molar refractivity (Wildman–Crippen MR) is 132 cm³/mol. The second-order valence-corrected chi connectivity index (χ2v) is 8.72. The topological polar surface area (TPSA) is 90.3 Å². The van der Waals surface area contributed by atoms with Crippen LogP contribution in [0.2, 0.25) is 0 Å². The minimum absolute atomic E-state index is 0.0256. The highest BCUT2D eigenvalue weighted by molar-refractivity contribution is 6.46. The SMILES string of the molecule is CCN(CC)CCN1C(=O)C(=O)C(=C(O)c2ccc(OC)cc2O)[C@@H]1c1ccc(C(C)C)cc1.